The first kappa shape index (κ1) is 20.1. The molecule has 162 valence electrons. The summed E-state index contributed by atoms with van der Waals surface area (Å²) >= 11 is 0. The maximum absolute atomic E-state index is 13.5. The topological polar surface area (TPSA) is 110 Å². The molecule has 0 aliphatic carbocycles. The zero-order valence-electron chi connectivity index (χ0n) is 17.1. The molecule has 1 aliphatic rings. The molecular weight excluding hydrogens is 424 g/mol. The van der Waals surface area contributed by atoms with Crippen LogP contribution in [-0.4, -0.2) is 35.7 Å². The molecule has 4 aromatic heterocycles. The molecule has 1 aromatic carbocycles. The van der Waals surface area contributed by atoms with Crippen LogP contribution in [0.3, 0.4) is 0 Å². The molecule has 0 bridgehead atoms. The van der Waals surface area contributed by atoms with Gasteiger partial charge in [0.1, 0.15) is 17.0 Å². The van der Waals surface area contributed by atoms with E-state index >= 15 is 0 Å². The Bertz CT molecular complexity index is 1470. The molecule has 0 amide bonds. The molecule has 1 atom stereocenters. The van der Waals surface area contributed by atoms with Gasteiger partial charge >= 0.3 is 0 Å². The van der Waals surface area contributed by atoms with Gasteiger partial charge in [0.15, 0.2) is 5.82 Å². The molecular formula is C22H22N8OS. The number of nitrogen functional groups attached to an aromatic ring is 1. The summed E-state index contributed by atoms with van der Waals surface area (Å²) in [6.45, 7) is 0.787. The number of fused-ring (bicyclic) bond motifs is 2. The Morgan fingerprint density at radius 2 is 1.91 bits per heavy atom. The predicted octanol–water partition coefficient (Wildman–Crippen LogP) is 2.79. The lowest BCUT2D eigenvalue weighted by Gasteiger charge is -2.27. The molecule has 6 rings (SSSR count). The van der Waals surface area contributed by atoms with Crippen molar-refractivity contribution in [3.63, 3.8) is 0 Å². The van der Waals surface area contributed by atoms with Crippen LogP contribution in [0, 0.1) is 0 Å². The Balaban J connectivity index is 0.00000216. The number of nitrogens with zero attached hydrogens (tertiary/aromatic N) is 6. The number of hydrogen-bond donors (Lipinski definition) is 2. The highest BCUT2D eigenvalue weighted by Gasteiger charge is 2.33. The summed E-state index contributed by atoms with van der Waals surface area (Å²) in [5.74, 6) is 1.65. The van der Waals surface area contributed by atoms with Gasteiger partial charge in [-0.2, -0.15) is 28.6 Å². The van der Waals surface area contributed by atoms with Crippen molar-refractivity contribution in [1.29, 1.82) is 0 Å². The van der Waals surface area contributed by atoms with Crippen molar-refractivity contribution in [2.45, 2.75) is 18.9 Å². The van der Waals surface area contributed by atoms with E-state index in [2.05, 4.69) is 19.9 Å². The molecule has 10 heteroatoms. The Morgan fingerprint density at radius 1 is 1.06 bits per heavy atom. The largest absolute Gasteiger partial charge is 0.368 e. The van der Waals surface area contributed by atoms with Gasteiger partial charge in [-0.05, 0) is 43.2 Å². The number of aromatic amines is 1. The summed E-state index contributed by atoms with van der Waals surface area (Å²) in [5.41, 5.74) is 7.93. The van der Waals surface area contributed by atoms with Crippen LogP contribution in [0.15, 0.2) is 65.7 Å². The number of H-pyrrole nitrogens is 1. The minimum atomic E-state index is -0.132. The Hall–Kier alpha value is -3.79. The van der Waals surface area contributed by atoms with Gasteiger partial charge in [-0.25, -0.2) is 4.52 Å². The zero-order chi connectivity index (χ0) is 20.9. The van der Waals surface area contributed by atoms with Crippen molar-refractivity contribution in [2.75, 3.05) is 17.2 Å². The second kappa shape index (κ2) is 7.72. The molecule has 1 aliphatic heterocycles. The summed E-state index contributed by atoms with van der Waals surface area (Å²) < 4.78 is 3.38. The molecule has 3 N–H and O–H groups in total. The molecule has 0 saturated carbocycles. The number of nitrogens with two attached hydrogens (primary N) is 1. The quantitative estimate of drug-likeness (QED) is 0.441. The molecule has 0 unspecified atom stereocenters. The average molecular weight is 447 g/mol. The van der Waals surface area contributed by atoms with E-state index in [1.165, 1.54) is 0 Å². The van der Waals surface area contributed by atoms with Gasteiger partial charge in [-0.15, -0.1) is 0 Å². The van der Waals surface area contributed by atoms with Crippen LogP contribution in [-0.2, 0) is 0 Å². The second-order valence-corrected chi connectivity index (χ2v) is 7.67. The summed E-state index contributed by atoms with van der Waals surface area (Å²) in [7, 11) is 0. The minimum Gasteiger partial charge on any atom is -0.368 e. The standard InChI is InChI=1S/C22H20N8O.H2S/c23-22-25-18-15(10-11-24-18)19(26-22)28-12-4-8-16(28)20-27-29-13-5-9-17(29)21(31)30(20)14-6-2-1-3-7-14;/h1-3,5-7,9-11,13,16H,4,8,12H2,(H3,23,24,25,26);1H2/t16-;/m0./s1. The predicted molar refractivity (Wildman–Crippen MR) is 129 cm³/mol. The third-order valence-electron chi connectivity index (χ3n) is 5.84. The number of para-hydroxylation sites is 1. The number of anilines is 2. The zero-order valence-corrected chi connectivity index (χ0v) is 18.1. The van der Waals surface area contributed by atoms with Crippen LogP contribution in [0.1, 0.15) is 24.7 Å². The van der Waals surface area contributed by atoms with E-state index < -0.39 is 0 Å². The molecule has 1 fully saturated rings. The number of hydrogen-bond acceptors (Lipinski definition) is 6. The first-order valence-corrected chi connectivity index (χ1v) is 10.2. The summed E-state index contributed by atoms with van der Waals surface area (Å²) in [4.78, 5) is 27.6. The molecule has 5 aromatic rings. The molecule has 5 heterocycles. The molecule has 1 saturated heterocycles. The van der Waals surface area contributed by atoms with Crippen LogP contribution in [0.25, 0.3) is 22.2 Å². The molecule has 0 radical (unpaired) electrons. The van der Waals surface area contributed by atoms with E-state index in [1.54, 1.807) is 15.1 Å². The summed E-state index contributed by atoms with van der Waals surface area (Å²) in [6.07, 6.45) is 5.44. The lowest BCUT2D eigenvalue weighted by molar-refractivity contribution is 0.602. The fraction of sp³-hybridized carbons (Fsp3) is 0.182. The summed E-state index contributed by atoms with van der Waals surface area (Å²) in [6, 6.07) is 15.1. The van der Waals surface area contributed by atoms with E-state index in [4.69, 9.17) is 10.8 Å². The van der Waals surface area contributed by atoms with Crippen LogP contribution < -0.4 is 16.2 Å². The maximum Gasteiger partial charge on any atom is 0.282 e. The Kier molecular flexibility index (Phi) is 4.86. The van der Waals surface area contributed by atoms with Crippen molar-refractivity contribution in [2.24, 2.45) is 0 Å². The van der Waals surface area contributed by atoms with Gasteiger partial charge in [-0.3, -0.25) is 9.36 Å². The van der Waals surface area contributed by atoms with Crippen molar-refractivity contribution in [1.82, 2.24) is 29.1 Å². The number of benzene rings is 1. The van der Waals surface area contributed by atoms with Crippen LogP contribution >= 0.6 is 13.5 Å². The van der Waals surface area contributed by atoms with Crippen LogP contribution in [0.5, 0.6) is 0 Å². The van der Waals surface area contributed by atoms with E-state index in [-0.39, 0.29) is 31.0 Å². The van der Waals surface area contributed by atoms with Gasteiger partial charge in [0.25, 0.3) is 5.56 Å². The lowest BCUT2D eigenvalue weighted by atomic mass is 10.2. The van der Waals surface area contributed by atoms with Crippen molar-refractivity contribution in [3.05, 3.63) is 77.1 Å². The van der Waals surface area contributed by atoms with Gasteiger partial charge in [-0.1, -0.05) is 18.2 Å². The van der Waals surface area contributed by atoms with Gasteiger partial charge < -0.3 is 15.6 Å². The first-order chi connectivity index (χ1) is 15.2. The average Bonchev–Trinajstić information content (AvgIpc) is 3.53. The summed E-state index contributed by atoms with van der Waals surface area (Å²) in [5, 5.41) is 5.78. The van der Waals surface area contributed by atoms with E-state index in [9.17, 15) is 4.79 Å². The van der Waals surface area contributed by atoms with Gasteiger partial charge in [0.2, 0.25) is 5.95 Å². The third-order valence-corrected chi connectivity index (χ3v) is 5.84. The number of rotatable bonds is 3. The van der Waals surface area contributed by atoms with Crippen molar-refractivity contribution >= 4 is 41.8 Å². The van der Waals surface area contributed by atoms with Gasteiger partial charge in [0.05, 0.1) is 17.1 Å². The Morgan fingerprint density at radius 3 is 2.75 bits per heavy atom. The van der Waals surface area contributed by atoms with E-state index in [0.29, 0.717) is 17.0 Å². The molecule has 9 nitrogen and oxygen atoms in total. The van der Waals surface area contributed by atoms with Crippen LogP contribution in [0.2, 0.25) is 0 Å². The first-order valence-electron chi connectivity index (χ1n) is 10.2. The SMILES string of the molecule is Nc1nc(N2CCC[C@H]2c2nn3cccc3c(=O)n2-c2ccccc2)c2cc[nH]c2n1.S. The lowest BCUT2D eigenvalue weighted by Crippen LogP contribution is -2.33. The fourth-order valence-corrected chi connectivity index (χ4v) is 4.49. The third kappa shape index (κ3) is 3.02. The number of nitrogens with one attached hydrogen (secondary N) is 1. The number of aromatic nitrogens is 6. The maximum atomic E-state index is 13.5. The second-order valence-electron chi connectivity index (χ2n) is 7.67. The highest BCUT2D eigenvalue weighted by Crippen LogP contribution is 2.37. The van der Waals surface area contributed by atoms with E-state index in [0.717, 1.165) is 36.3 Å². The minimum absolute atomic E-state index is 0. The highest BCUT2D eigenvalue weighted by atomic mass is 32.1. The van der Waals surface area contributed by atoms with Crippen molar-refractivity contribution < 1.29 is 0 Å². The van der Waals surface area contributed by atoms with Crippen molar-refractivity contribution in [3.8, 4) is 5.69 Å². The molecule has 0 spiro atoms. The smallest absolute Gasteiger partial charge is 0.282 e. The van der Waals surface area contributed by atoms with E-state index in [1.807, 2.05) is 54.9 Å². The van der Waals surface area contributed by atoms with Gasteiger partial charge in [0, 0.05) is 18.9 Å². The Labute approximate surface area is 190 Å². The highest BCUT2D eigenvalue weighted by molar-refractivity contribution is 7.59. The molecule has 32 heavy (non-hydrogen) atoms. The fourth-order valence-electron chi connectivity index (χ4n) is 4.49. The normalized spacial score (nSPS) is 16.0. The van der Waals surface area contributed by atoms with Crippen LogP contribution in [0.4, 0.5) is 11.8 Å². The monoisotopic (exact) mass is 446 g/mol.